The Balaban J connectivity index is 1.54. The molecule has 120 valence electrons. The van der Waals surface area contributed by atoms with Crippen LogP contribution in [0.25, 0.3) is 4.96 Å². The molecule has 0 spiro atoms. The first-order chi connectivity index (χ1) is 11.1. The van der Waals surface area contributed by atoms with Gasteiger partial charge >= 0.3 is 0 Å². The zero-order valence-electron chi connectivity index (χ0n) is 13.0. The maximum atomic E-state index is 12.9. The molecule has 0 saturated carbocycles. The van der Waals surface area contributed by atoms with Crippen LogP contribution >= 0.6 is 11.3 Å². The maximum Gasteiger partial charge on any atom is 0.274 e. The molecule has 8 nitrogen and oxygen atoms in total. The van der Waals surface area contributed by atoms with Gasteiger partial charge in [-0.05, 0) is 26.7 Å². The van der Waals surface area contributed by atoms with Crippen molar-refractivity contribution in [2.24, 2.45) is 0 Å². The number of aromatic nitrogens is 6. The van der Waals surface area contributed by atoms with E-state index in [0.29, 0.717) is 24.8 Å². The van der Waals surface area contributed by atoms with E-state index in [1.165, 1.54) is 11.3 Å². The molecule has 3 aromatic rings. The molecule has 1 aliphatic heterocycles. The minimum absolute atomic E-state index is 0.0114. The predicted molar refractivity (Wildman–Crippen MR) is 84.5 cm³/mol. The van der Waals surface area contributed by atoms with Crippen LogP contribution in [0.15, 0.2) is 12.4 Å². The Kier molecular flexibility index (Phi) is 3.37. The minimum Gasteiger partial charge on any atom is -0.337 e. The smallest absolute Gasteiger partial charge is 0.274 e. The van der Waals surface area contributed by atoms with E-state index in [2.05, 4.69) is 20.4 Å². The third-order valence-electron chi connectivity index (χ3n) is 4.25. The number of aryl methyl sites for hydroxylation is 2. The summed E-state index contributed by atoms with van der Waals surface area (Å²) in [6.45, 7) is 5.21. The summed E-state index contributed by atoms with van der Waals surface area (Å²) in [5, 5.41) is 13.2. The second-order valence-electron chi connectivity index (χ2n) is 5.77. The summed E-state index contributed by atoms with van der Waals surface area (Å²) in [6.07, 6.45) is 5.33. The van der Waals surface area contributed by atoms with Gasteiger partial charge in [0.15, 0.2) is 5.69 Å². The number of hydrogen-bond acceptors (Lipinski definition) is 6. The van der Waals surface area contributed by atoms with E-state index in [-0.39, 0.29) is 5.91 Å². The van der Waals surface area contributed by atoms with Crippen molar-refractivity contribution in [3.63, 3.8) is 0 Å². The molecular weight excluding hydrogens is 314 g/mol. The first kappa shape index (κ1) is 14.3. The monoisotopic (exact) mass is 331 g/mol. The normalized spacial score (nSPS) is 16.3. The zero-order chi connectivity index (χ0) is 16.0. The first-order valence-corrected chi connectivity index (χ1v) is 8.43. The van der Waals surface area contributed by atoms with Crippen LogP contribution in [-0.2, 0) is 0 Å². The van der Waals surface area contributed by atoms with Crippen LogP contribution in [0, 0.1) is 13.8 Å². The van der Waals surface area contributed by atoms with Crippen LogP contribution in [0.1, 0.15) is 40.1 Å². The Hall–Kier alpha value is -2.29. The van der Waals surface area contributed by atoms with Crippen LogP contribution in [0.5, 0.6) is 0 Å². The lowest BCUT2D eigenvalue weighted by atomic mass is 10.0. The molecule has 4 rings (SSSR count). The van der Waals surface area contributed by atoms with Crippen LogP contribution < -0.4 is 0 Å². The van der Waals surface area contributed by atoms with E-state index >= 15 is 0 Å². The Morgan fingerprint density at radius 1 is 1.30 bits per heavy atom. The summed E-state index contributed by atoms with van der Waals surface area (Å²) >= 11 is 1.50. The number of imidazole rings is 1. The number of piperidine rings is 1. The van der Waals surface area contributed by atoms with E-state index in [9.17, 15) is 4.79 Å². The van der Waals surface area contributed by atoms with Crippen molar-refractivity contribution in [2.75, 3.05) is 13.1 Å². The average Bonchev–Trinajstić information content (AvgIpc) is 3.23. The van der Waals surface area contributed by atoms with Gasteiger partial charge in [-0.15, -0.1) is 5.10 Å². The Morgan fingerprint density at radius 3 is 2.78 bits per heavy atom. The van der Waals surface area contributed by atoms with E-state index < -0.39 is 0 Å². The fraction of sp³-hybridized carbons (Fsp3) is 0.500. The second-order valence-corrected chi connectivity index (χ2v) is 6.93. The first-order valence-electron chi connectivity index (χ1n) is 7.61. The number of amides is 1. The maximum absolute atomic E-state index is 12.9. The van der Waals surface area contributed by atoms with E-state index in [0.717, 1.165) is 28.5 Å². The van der Waals surface area contributed by atoms with Crippen molar-refractivity contribution < 1.29 is 4.79 Å². The number of carbonyl (C=O) groups is 1. The van der Waals surface area contributed by atoms with Crippen molar-refractivity contribution >= 4 is 22.2 Å². The summed E-state index contributed by atoms with van der Waals surface area (Å²) < 4.78 is 3.56. The minimum atomic E-state index is 0.0114. The van der Waals surface area contributed by atoms with Gasteiger partial charge < -0.3 is 4.90 Å². The lowest BCUT2D eigenvalue weighted by Crippen LogP contribution is -2.40. The highest BCUT2D eigenvalue weighted by molar-refractivity contribution is 7.16. The summed E-state index contributed by atoms with van der Waals surface area (Å²) in [5.74, 6) is 0.0114. The molecule has 0 unspecified atom stereocenters. The van der Waals surface area contributed by atoms with Crippen molar-refractivity contribution in [2.45, 2.75) is 32.7 Å². The molecule has 4 heterocycles. The Bertz CT molecular complexity index is 842. The number of fused-ring (bicyclic) bond motifs is 1. The van der Waals surface area contributed by atoms with Gasteiger partial charge in [-0.3, -0.25) is 4.79 Å². The van der Waals surface area contributed by atoms with Crippen molar-refractivity contribution in [3.8, 4) is 0 Å². The van der Waals surface area contributed by atoms with Crippen molar-refractivity contribution in [1.29, 1.82) is 0 Å². The highest BCUT2D eigenvalue weighted by atomic mass is 32.1. The van der Waals surface area contributed by atoms with Gasteiger partial charge in [-0.25, -0.2) is 9.67 Å². The van der Waals surface area contributed by atoms with Gasteiger partial charge in [0.1, 0.15) is 5.01 Å². The third kappa shape index (κ3) is 2.40. The van der Waals surface area contributed by atoms with Crippen molar-refractivity contribution in [3.05, 3.63) is 28.8 Å². The van der Waals surface area contributed by atoms with Gasteiger partial charge in [0.05, 0.1) is 17.9 Å². The van der Waals surface area contributed by atoms with Crippen molar-refractivity contribution in [1.82, 2.24) is 34.5 Å². The fourth-order valence-corrected chi connectivity index (χ4v) is 3.87. The number of carbonyl (C=O) groups excluding carboxylic acids is 1. The molecule has 0 N–H and O–H groups in total. The number of hydrogen-bond donors (Lipinski definition) is 0. The summed E-state index contributed by atoms with van der Waals surface area (Å²) in [6, 6.07) is 0.314. The predicted octanol–water partition coefficient (Wildman–Crippen LogP) is 1.48. The van der Waals surface area contributed by atoms with E-state index in [1.54, 1.807) is 10.7 Å². The fourth-order valence-electron chi connectivity index (χ4n) is 3.09. The number of rotatable bonds is 2. The molecule has 0 atom stereocenters. The Labute approximate surface area is 136 Å². The molecule has 0 radical (unpaired) electrons. The van der Waals surface area contributed by atoms with Gasteiger partial charge in [-0.1, -0.05) is 16.6 Å². The van der Waals surface area contributed by atoms with Crippen LogP contribution in [0.2, 0.25) is 0 Å². The van der Waals surface area contributed by atoms with E-state index in [4.69, 9.17) is 0 Å². The highest BCUT2D eigenvalue weighted by Gasteiger charge is 2.28. The Morgan fingerprint density at radius 2 is 2.09 bits per heavy atom. The average molecular weight is 331 g/mol. The summed E-state index contributed by atoms with van der Waals surface area (Å²) in [7, 11) is 0. The molecule has 1 fully saturated rings. The lowest BCUT2D eigenvalue weighted by molar-refractivity contribution is 0.0680. The molecule has 3 aromatic heterocycles. The van der Waals surface area contributed by atoms with Gasteiger partial charge in [0.2, 0.25) is 4.96 Å². The highest BCUT2D eigenvalue weighted by Crippen LogP contribution is 2.24. The van der Waals surface area contributed by atoms with Crippen LogP contribution in [-0.4, -0.2) is 53.5 Å². The molecular formula is C14H17N7OS. The molecule has 1 saturated heterocycles. The molecule has 0 aromatic carbocycles. The molecule has 9 heteroatoms. The van der Waals surface area contributed by atoms with Gasteiger partial charge in [0, 0.05) is 19.3 Å². The van der Waals surface area contributed by atoms with Gasteiger partial charge in [0.25, 0.3) is 5.91 Å². The number of nitrogens with zero attached hydrogens (tertiary/aromatic N) is 7. The summed E-state index contributed by atoms with van der Waals surface area (Å²) in [4.78, 5) is 20.0. The molecule has 1 aliphatic rings. The standard InChI is InChI=1S/C14H17N7OS/c1-9-12(21-14(16-9)23-10(2)17-21)13(22)19-6-3-11(4-7-19)20-8-5-15-18-20/h5,8,11H,3-4,6-7H2,1-2H3. The number of likely N-dealkylation sites (tertiary alicyclic amines) is 1. The topological polar surface area (TPSA) is 81.2 Å². The van der Waals surface area contributed by atoms with Crippen LogP contribution in [0.3, 0.4) is 0 Å². The molecule has 0 aliphatic carbocycles. The molecule has 23 heavy (non-hydrogen) atoms. The van der Waals surface area contributed by atoms with Crippen LogP contribution in [0.4, 0.5) is 0 Å². The molecule has 0 bridgehead atoms. The lowest BCUT2D eigenvalue weighted by Gasteiger charge is -2.31. The van der Waals surface area contributed by atoms with E-state index in [1.807, 2.05) is 29.6 Å². The molecule has 1 amide bonds. The SMILES string of the molecule is Cc1nn2c(C(=O)N3CCC(n4ccnn4)CC3)c(C)nc2s1. The second kappa shape index (κ2) is 5.41. The van der Waals surface area contributed by atoms with Gasteiger partial charge in [-0.2, -0.15) is 9.61 Å². The quantitative estimate of drug-likeness (QED) is 0.710. The summed E-state index contributed by atoms with van der Waals surface area (Å²) in [5.41, 5.74) is 1.33. The third-order valence-corrected chi connectivity index (χ3v) is 5.07. The zero-order valence-corrected chi connectivity index (χ0v) is 13.8. The largest absolute Gasteiger partial charge is 0.337 e.